The van der Waals surface area contributed by atoms with Gasteiger partial charge >= 0.3 is 29.6 Å². The van der Waals surface area contributed by atoms with Crippen LogP contribution in [0.3, 0.4) is 0 Å². The molecule has 0 unspecified atom stereocenters. The van der Waals surface area contributed by atoms with Gasteiger partial charge in [0.25, 0.3) is 0 Å². The Bertz CT molecular complexity index is 1090. The zero-order valence-electron chi connectivity index (χ0n) is 14.3. The number of azo groups is 1. The Morgan fingerprint density at radius 1 is 1.15 bits per heavy atom. The number of fused-ring (bicyclic) bond motifs is 1. The Labute approximate surface area is 176 Å². The van der Waals surface area contributed by atoms with E-state index >= 15 is 0 Å². The maximum Gasteiger partial charge on any atom is 1.00 e. The molecular formula is C16H13N2NaO5S2. The van der Waals surface area contributed by atoms with Gasteiger partial charge in [0, 0.05) is 16.3 Å². The van der Waals surface area contributed by atoms with Crippen molar-refractivity contribution >= 4 is 43.6 Å². The first-order valence-electron chi connectivity index (χ1n) is 7.07. The largest absolute Gasteiger partial charge is 1.00 e. The number of ether oxygens (including phenoxy) is 1. The second-order valence-corrected chi connectivity index (χ2v) is 7.78. The van der Waals surface area contributed by atoms with Crippen LogP contribution in [-0.4, -0.2) is 25.2 Å². The fourth-order valence-electron chi connectivity index (χ4n) is 2.29. The van der Waals surface area contributed by atoms with Crippen molar-refractivity contribution in [2.24, 2.45) is 10.2 Å². The molecule has 0 bridgehead atoms. The van der Waals surface area contributed by atoms with E-state index in [1.807, 2.05) is 6.92 Å². The zero-order valence-corrected chi connectivity index (χ0v) is 17.9. The molecule has 1 heterocycles. The van der Waals surface area contributed by atoms with Gasteiger partial charge in [-0.05, 0) is 30.5 Å². The van der Waals surface area contributed by atoms with Gasteiger partial charge in [0.1, 0.15) is 27.2 Å². The number of methoxy groups -OCH3 is 1. The number of phenols is 1. The predicted molar refractivity (Wildman–Crippen MR) is 93.4 cm³/mol. The second kappa shape index (κ2) is 8.03. The zero-order chi connectivity index (χ0) is 18.2. The minimum atomic E-state index is -4.56. The molecule has 1 aromatic heterocycles. The summed E-state index contributed by atoms with van der Waals surface area (Å²) in [6.07, 6.45) is 0. The number of thiophene rings is 1. The first-order valence-corrected chi connectivity index (χ1v) is 9.30. The number of benzene rings is 2. The van der Waals surface area contributed by atoms with E-state index in [4.69, 9.17) is 4.74 Å². The van der Waals surface area contributed by atoms with Gasteiger partial charge in [0.05, 0.1) is 12.0 Å². The Morgan fingerprint density at radius 3 is 2.50 bits per heavy atom. The van der Waals surface area contributed by atoms with Crippen molar-refractivity contribution in [1.82, 2.24) is 0 Å². The molecule has 0 aliphatic rings. The number of hydrogen-bond acceptors (Lipinski definition) is 8. The molecular weight excluding hydrogens is 387 g/mol. The summed E-state index contributed by atoms with van der Waals surface area (Å²) in [6.45, 7) is 1.87. The van der Waals surface area contributed by atoms with Crippen LogP contribution in [0.5, 0.6) is 10.8 Å². The quantitative estimate of drug-likeness (QED) is 0.402. The van der Waals surface area contributed by atoms with E-state index in [0.717, 1.165) is 4.88 Å². The first kappa shape index (κ1) is 20.8. The number of aryl methyl sites for hydroxylation is 1. The van der Waals surface area contributed by atoms with E-state index in [-0.39, 0.29) is 45.9 Å². The van der Waals surface area contributed by atoms with Gasteiger partial charge in [-0.2, -0.15) is 0 Å². The van der Waals surface area contributed by atoms with Gasteiger partial charge in [-0.3, -0.25) is 0 Å². The van der Waals surface area contributed by atoms with E-state index in [0.29, 0.717) is 21.5 Å². The molecule has 0 amide bonds. The van der Waals surface area contributed by atoms with Crippen molar-refractivity contribution in [3.05, 3.63) is 41.3 Å². The normalized spacial score (nSPS) is 11.7. The van der Waals surface area contributed by atoms with Crippen LogP contribution in [0.25, 0.3) is 10.8 Å². The van der Waals surface area contributed by atoms with Gasteiger partial charge in [-0.25, -0.2) is 8.42 Å². The molecule has 0 aliphatic carbocycles. The molecule has 10 heteroatoms. The fourth-order valence-corrected chi connectivity index (χ4v) is 3.56. The molecule has 3 rings (SSSR count). The molecule has 7 nitrogen and oxygen atoms in total. The summed E-state index contributed by atoms with van der Waals surface area (Å²) in [7, 11) is -3.00. The van der Waals surface area contributed by atoms with Gasteiger partial charge in [-0.15, -0.1) is 21.6 Å². The van der Waals surface area contributed by atoms with Crippen LogP contribution in [0.2, 0.25) is 0 Å². The molecule has 0 atom stereocenters. The van der Waals surface area contributed by atoms with E-state index in [9.17, 15) is 18.1 Å². The molecule has 0 radical (unpaired) electrons. The van der Waals surface area contributed by atoms with Crippen molar-refractivity contribution in [3.8, 4) is 10.8 Å². The number of phenolic OH excluding ortho intramolecular Hbond substituents is 1. The molecule has 1 N–H and O–H groups in total. The summed E-state index contributed by atoms with van der Waals surface area (Å²) in [6, 6.07) is 8.47. The number of aromatic hydroxyl groups is 1. The van der Waals surface area contributed by atoms with Gasteiger partial charge in [0.2, 0.25) is 0 Å². The van der Waals surface area contributed by atoms with Crippen LogP contribution in [-0.2, 0) is 10.1 Å². The summed E-state index contributed by atoms with van der Waals surface area (Å²) >= 11 is 1.42. The average molecular weight is 400 g/mol. The van der Waals surface area contributed by atoms with Crippen LogP contribution in [0, 0.1) is 6.92 Å². The Balaban J connectivity index is 0.00000243. The number of rotatable bonds is 4. The third kappa shape index (κ3) is 4.25. The molecule has 0 saturated heterocycles. The molecule has 0 fully saturated rings. The van der Waals surface area contributed by atoms with Crippen LogP contribution >= 0.6 is 11.3 Å². The molecule has 0 spiro atoms. The van der Waals surface area contributed by atoms with E-state index in [1.54, 1.807) is 13.2 Å². The Hall–Kier alpha value is -1.49. The number of hydrogen-bond donors (Lipinski definition) is 1. The Morgan fingerprint density at radius 2 is 1.88 bits per heavy atom. The van der Waals surface area contributed by atoms with E-state index in [2.05, 4.69) is 10.2 Å². The maximum absolute atomic E-state index is 11.1. The topological polar surface area (TPSA) is 111 Å². The second-order valence-electron chi connectivity index (χ2n) is 5.18. The minimum Gasteiger partial charge on any atom is -0.744 e. The molecule has 0 saturated carbocycles. The summed E-state index contributed by atoms with van der Waals surface area (Å²) in [5, 5.41) is 20.0. The molecule has 2 aromatic carbocycles. The third-order valence-electron chi connectivity index (χ3n) is 3.56. The number of nitrogens with zero attached hydrogens (tertiary/aromatic N) is 2. The summed E-state index contributed by atoms with van der Waals surface area (Å²) in [5.74, 6) is -0.103. The van der Waals surface area contributed by atoms with Crippen molar-refractivity contribution < 1.29 is 52.4 Å². The van der Waals surface area contributed by atoms with E-state index in [1.165, 1.54) is 41.7 Å². The smallest absolute Gasteiger partial charge is 0.744 e. The van der Waals surface area contributed by atoms with Gasteiger partial charge in [0.15, 0.2) is 5.06 Å². The monoisotopic (exact) mass is 400 g/mol. The van der Waals surface area contributed by atoms with Gasteiger partial charge in [-0.1, -0.05) is 12.1 Å². The van der Waals surface area contributed by atoms with Crippen molar-refractivity contribution in [3.63, 3.8) is 0 Å². The Kier molecular flexibility index (Phi) is 6.43. The average Bonchev–Trinajstić information content (AvgIpc) is 2.93. The fraction of sp³-hybridized carbons (Fsp3) is 0.125. The van der Waals surface area contributed by atoms with E-state index < -0.39 is 10.1 Å². The van der Waals surface area contributed by atoms with Crippen molar-refractivity contribution in [1.29, 1.82) is 0 Å². The SMILES string of the molecule is COc1cc(N=Nc2c(O)ccc3cc(S(=O)(=O)[O-])ccc23)c(C)s1.[Na+]. The predicted octanol–water partition coefficient (Wildman–Crippen LogP) is 1.25. The van der Waals surface area contributed by atoms with Crippen molar-refractivity contribution in [2.45, 2.75) is 11.8 Å². The minimum absolute atomic E-state index is 0. The van der Waals surface area contributed by atoms with Crippen LogP contribution < -0.4 is 34.3 Å². The van der Waals surface area contributed by atoms with Crippen LogP contribution in [0.1, 0.15) is 4.88 Å². The standard InChI is InChI=1S/C16H14N2O5S2.Na/c1-9-13(8-15(23-2)24-9)17-18-16-12-5-4-11(25(20,21)22)7-10(12)3-6-14(16)19;/h3-8,19H,1-2H3,(H,20,21,22);/q;+1/p-1. The first-order chi connectivity index (χ1) is 11.8. The van der Waals surface area contributed by atoms with Crippen LogP contribution in [0.15, 0.2) is 51.5 Å². The summed E-state index contributed by atoms with van der Waals surface area (Å²) in [5.41, 5.74) is 0.800. The van der Waals surface area contributed by atoms with Crippen LogP contribution in [0.4, 0.5) is 11.4 Å². The van der Waals surface area contributed by atoms with Gasteiger partial charge < -0.3 is 14.4 Å². The third-order valence-corrected chi connectivity index (χ3v) is 5.39. The van der Waals surface area contributed by atoms with Crippen molar-refractivity contribution in [2.75, 3.05) is 7.11 Å². The maximum atomic E-state index is 11.1. The summed E-state index contributed by atoms with van der Waals surface area (Å²) < 4.78 is 38.6. The molecule has 130 valence electrons. The molecule has 0 aliphatic heterocycles. The summed E-state index contributed by atoms with van der Waals surface area (Å²) in [4.78, 5) is 0.562. The molecule has 3 aromatic rings. The molecule has 26 heavy (non-hydrogen) atoms.